The molecule has 2 spiro atoms. The molecule has 0 bridgehead atoms. The molecular weight excluding hydrogens is 528 g/mol. The first-order valence-electron chi connectivity index (χ1n) is 15.7. The van der Waals surface area contributed by atoms with E-state index in [0.717, 1.165) is 49.3 Å². The van der Waals surface area contributed by atoms with Crippen LogP contribution in [0.3, 0.4) is 0 Å². The molecule has 224 valence electrons. The number of terminal acetylenes is 1. The first-order chi connectivity index (χ1) is 19.6. The van der Waals surface area contributed by atoms with E-state index in [9.17, 15) is 19.8 Å². The number of allylic oxidation sites excluding steroid dienone is 2. The number of thiophene rings is 1. The van der Waals surface area contributed by atoms with Crippen LogP contribution >= 0.6 is 11.3 Å². The molecule has 7 rings (SSSR count). The van der Waals surface area contributed by atoms with Gasteiger partial charge in [-0.3, -0.25) is 4.79 Å². The summed E-state index contributed by atoms with van der Waals surface area (Å²) in [6.07, 6.45) is 21.7. The van der Waals surface area contributed by atoms with Gasteiger partial charge in [-0.25, -0.2) is 4.79 Å². The van der Waals surface area contributed by atoms with Crippen LogP contribution in [0.4, 0.5) is 0 Å². The van der Waals surface area contributed by atoms with Crippen LogP contribution in [0.5, 0.6) is 0 Å². The van der Waals surface area contributed by atoms with Crippen molar-refractivity contribution in [2.24, 2.45) is 50.7 Å². The van der Waals surface area contributed by atoms with Crippen molar-refractivity contribution in [3.63, 3.8) is 0 Å². The van der Waals surface area contributed by atoms with Crippen molar-refractivity contribution in [2.75, 3.05) is 0 Å². The summed E-state index contributed by atoms with van der Waals surface area (Å²) in [6, 6.07) is 3.77. The number of carboxylic acid groups (broad SMARTS) is 2. The van der Waals surface area contributed by atoms with Crippen LogP contribution in [-0.2, 0) is 4.79 Å². The fourth-order valence-electron chi connectivity index (χ4n) is 12.2. The van der Waals surface area contributed by atoms with Gasteiger partial charge < -0.3 is 10.2 Å². The van der Waals surface area contributed by atoms with E-state index in [1.165, 1.54) is 42.6 Å². The van der Waals surface area contributed by atoms with Crippen molar-refractivity contribution < 1.29 is 19.8 Å². The molecule has 5 saturated carbocycles. The van der Waals surface area contributed by atoms with Crippen LogP contribution in [-0.4, -0.2) is 22.2 Å². The van der Waals surface area contributed by atoms with Gasteiger partial charge in [0.1, 0.15) is 4.88 Å². The minimum atomic E-state index is -0.836. The third-order valence-corrected chi connectivity index (χ3v) is 14.1. The highest BCUT2D eigenvalue weighted by Gasteiger charge is 2.88. The molecule has 1 heterocycles. The molecule has 5 fully saturated rings. The Bertz CT molecular complexity index is 1240. The van der Waals surface area contributed by atoms with Gasteiger partial charge in [-0.15, -0.1) is 37.3 Å². The summed E-state index contributed by atoms with van der Waals surface area (Å²) in [4.78, 5) is 25.7. The van der Waals surface area contributed by atoms with Crippen LogP contribution in [0, 0.1) is 63.6 Å². The highest BCUT2D eigenvalue weighted by molar-refractivity contribution is 7.15. The molecule has 6 aliphatic rings. The van der Waals surface area contributed by atoms with Crippen molar-refractivity contribution in [1.82, 2.24) is 0 Å². The van der Waals surface area contributed by atoms with Gasteiger partial charge in [0, 0.05) is 4.88 Å². The molecule has 0 aliphatic heterocycles. The molecule has 0 radical (unpaired) electrons. The minimum absolute atomic E-state index is 0.00321. The molecule has 6 aliphatic carbocycles. The Hall–Kier alpha value is -2.32. The Balaban J connectivity index is 0.000000608. The molecule has 0 aromatic carbocycles. The van der Waals surface area contributed by atoms with Gasteiger partial charge in [0.15, 0.2) is 0 Å². The summed E-state index contributed by atoms with van der Waals surface area (Å²) in [5.74, 6) is 1.09. The Kier molecular flexibility index (Phi) is 8.29. The lowest BCUT2D eigenvalue weighted by Crippen LogP contribution is -2.52. The van der Waals surface area contributed by atoms with Crippen molar-refractivity contribution in [2.45, 2.75) is 98.8 Å². The molecule has 4 nitrogen and oxygen atoms in total. The zero-order valence-corrected chi connectivity index (χ0v) is 26.6. The van der Waals surface area contributed by atoms with E-state index in [1.807, 2.05) is 19.9 Å². The molecular formula is C36H50O4S. The number of carboxylic acids is 2. The topological polar surface area (TPSA) is 74.6 Å². The van der Waals surface area contributed by atoms with E-state index < -0.39 is 17.4 Å². The number of hydrogen-bond acceptors (Lipinski definition) is 3. The van der Waals surface area contributed by atoms with E-state index in [1.54, 1.807) is 6.07 Å². The lowest BCUT2D eigenvalue weighted by Gasteiger charge is -2.59. The maximum atomic E-state index is 12.6. The van der Waals surface area contributed by atoms with Crippen LogP contribution in [0.2, 0.25) is 0 Å². The zero-order valence-electron chi connectivity index (χ0n) is 25.8. The third kappa shape index (κ3) is 3.78. The second-order valence-corrected chi connectivity index (χ2v) is 14.9. The number of aromatic carboxylic acids is 1. The molecule has 1 aromatic rings. The van der Waals surface area contributed by atoms with E-state index in [4.69, 9.17) is 0 Å². The van der Waals surface area contributed by atoms with Gasteiger partial charge in [-0.1, -0.05) is 47.1 Å². The summed E-state index contributed by atoms with van der Waals surface area (Å²) in [6.45, 7) is 17.4. The van der Waals surface area contributed by atoms with Gasteiger partial charge in [0.25, 0.3) is 0 Å². The third-order valence-electron chi connectivity index (χ3n) is 13.0. The Morgan fingerprint density at radius 3 is 2.02 bits per heavy atom. The number of carbonyl (C=O) groups is 2. The van der Waals surface area contributed by atoms with E-state index in [-0.39, 0.29) is 10.8 Å². The number of hydrogen-bond donors (Lipinski definition) is 2. The van der Waals surface area contributed by atoms with Gasteiger partial charge >= 0.3 is 11.9 Å². The van der Waals surface area contributed by atoms with Gasteiger partial charge in [-0.05, 0) is 121 Å². The van der Waals surface area contributed by atoms with E-state index in [0.29, 0.717) is 33.5 Å². The zero-order chi connectivity index (χ0) is 30.6. The maximum absolute atomic E-state index is 12.6. The van der Waals surface area contributed by atoms with Crippen molar-refractivity contribution in [3.05, 3.63) is 41.1 Å². The summed E-state index contributed by atoms with van der Waals surface area (Å²) in [7, 11) is 0. The molecule has 0 amide bonds. The molecule has 1 aromatic heterocycles. The monoisotopic (exact) mass is 578 g/mol. The van der Waals surface area contributed by atoms with Gasteiger partial charge in [0.05, 0.1) is 5.41 Å². The summed E-state index contributed by atoms with van der Waals surface area (Å²) in [5, 5.41) is 19.8. The summed E-state index contributed by atoms with van der Waals surface area (Å²) < 4.78 is 0. The maximum Gasteiger partial charge on any atom is 0.345 e. The first-order valence-corrected chi connectivity index (χ1v) is 16.5. The highest BCUT2D eigenvalue weighted by Crippen LogP contribution is 2.94. The van der Waals surface area contributed by atoms with Crippen molar-refractivity contribution in [1.29, 1.82) is 0 Å². The second kappa shape index (κ2) is 10.7. The molecule has 0 saturated heterocycles. The van der Waals surface area contributed by atoms with Gasteiger partial charge in [0.2, 0.25) is 0 Å². The lowest BCUT2D eigenvalue weighted by atomic mass is 9.45. The normalized spacial score (nSPS) is 41.8. The molecule has 5 heteroatoms. The molecule has 6 unspecified atom stereocenters. The standard InChI is InChI=1S/C30H38O4S.C2H6.C2H4.C2H2/c1-26(2)17(18-6-7-19(35-18)24(31)32)8-13-27(3)20(26)10-15-29-21(27)11-16-30(29)22-5-4-12-28(22,25(33)34)14-9-23(29)30;3*1-2/h6-8,20-23H,4-5,9-16H2,1-3H3,(H,31,32)(H,33,34);1-2H3;1-2H2;1-2H/t20?,21?,22?,23?,27-,28-,29?,30?;;;/m0.../s1. The van der Waals surface area contributed by atoms with E-state index in [2.05, 4.69) is 52.9 Å². The van der Waals surface area contributed by atoms with Crippen molar-refractivity contribution >= 4 is 28.8 Å². The highest BCUT2D eigenvalue weighted by atomic mass is 32.1. The average molecular weight is 579 g/mol. The fourth-order valence-corrected chi connectivity index (χ4v) is 13.3. The second-order valence-electron chi connectivity index (χ2n) is 13.8. The average Bonchev–Trinajstić information content (AvgIpc) is 3.49. The van der Waals surface area contributed by atoms with Crippen molar-refractivity contribution in [3.8, 4) is 12.8 Å². The Morgan fingerprint density at radius 1 is 0.854 bits per heavy atom. The number of aliphatic carboxylic acids is 1. The fraction of sp³-hybridized carbons (Fsp3) is 0.667. The van der Waals surface area contributed by atoms with Crippen LogP contribution in [0.25, 0.3) is 5.57 Å². The quantitative estimate of drug-likeness (QED) is 0.277. The van der Waals surface area contributed by atoms with Gasteiger partial charge in [-0.2, -0.15) is 0 Å². The predicted molar refractivity (Wildman–Crippen MR) is 169 cm³/mol. The van der Waals surface area contributed by atoms with Crippen LogP contribution < -0.4 is 0 Å². The SMILES string of the molecule is C#C.C=C.CC.CC1(C)C(c2ccc(C(=O)O)s2)=CC[C@@]2(C)C1CCC13C4CC[C@@]5(C(=O)O)CCCC5C41CCC32. The summed E-state index contributed by atoms with van der Waals surface area (Å²) in [5.41, 5.74) is 1.83. The first kappa shape index (κ1) is 31.6. The predicted octanol–water partition coefficient (Wildman–Crippen LogP) is 9.43. The van der Waals surface area contributed by atoms with Crippen LogP contribution in [0.15, 0.2) is 31.4 Å². The number of rotatable bonds is 3. The lowest BCUT2D eigenvalue weighted by molar-refractivity contribution is -0.156. The van der Waals surface area contributed by atoms with E-state index >= 15 is 0 Å². The number of fused-ring (bicyclic) bond motifs is 3. The molecule has 2 N–H and O–H groups in total. The Labute approximate surface area is 251 Å². The smallest absolute Gasteiger partial charge is 0.345 e. The largest absolute Gasteiger partial charge is 0.481 e. The van der Waals surface area contributed by atoms with Crippen LogP contribution in [0.1, 0.15) is 113 Å². The Morgan fingerprint density at radius 2 is 1.44 bits per heavy atom. The summed E-state index contributed by atoms with van der Waals surface area (Å²) >= 11 is 1.42. The molecule has 41 heavy (non-hydrogen) atoms. The minimum Gasteiger partial charge on any atom is -0.481 e. The molecule has 8 atom stereocenters.